The second-order valence-electron chi connectivity index (χ2n) is 3.38. The van der Waals surface area contributed by atoms with Gasteiger partial charge in [-0.05, 0) is 25.5 Å². The highest BCUT2D eigenvalue weighted by Gasteiger charge is 2.21. The molecule has 0 aliphatic rings. The minimum Gasteiger partial charge on any atom is -0.395 e. The van der Waals surface area contributed by atoms with Crippen LogP contribution in [-0.2, 0) is 0 Å². The molecular weight excluding hydrogens is 180 g/mol. The first-order chi connectivity index (χ1) is 6.20. The summed E-state index contributed by atoms with van der Waals surface area (Å²) in [7, 11) is 0. The Morgan fingerprint density at radius 1 is 1.31 bits per heavy atom. The zero-order chi connectivity index (χ0) is 9.73. The molecule has 1 aromatic rings. The van der Waals surface area contributed by atoms with Crippen molar-refractivity contribution in [2.45, 2.75) is 29.9 Å². The van der Waals surface area contributed by atoms with E-state index in [1.807, 2.05) is 18.2 Å². The fourth-order valence-electron chi connectivity index (χ4n) is 0.989. The summed E-state index contributed by atoms with van der Waals surface area (Å²) in [5.74, 6) is 0. The maximum atomic E-state index is 9.23. The van der Waals surface area contributed by atoms with E-state index in [1.54, 1.807) is 11.8 Å². The van der Waals surface area contributed by atoms with Crippen molar-refractivity contribution in [1.82, 2.24) is 0 Å². The van der Waals surface area contributed by atoms with Crippen molar-refractivity contribution in [3.63, 3.8) is 0 Å². The maximum absolute atomic E-state index is 9.23. The Morgan fingerprint density at radius 3 is 2.38 bits per heavy atom. The Hall–Kier alpha value is -0.470. The molecule has 1 atom stereocenters. The smallest absolute Gasteiger partial charge is 0.0578 e. The monoisotopic (exact) mass is 196 g/mol. The molecule has 0 aliphatic carbocycles. The summed E-state index contributed by atoms with van der Waals surface area (Å²) in [5, 5.41) is 9.23. The van der Waals surface area contributed by atoms with Gasteiger partial charge in [0.15, 0.2) is 0 Å². The van der Waals surface area contributed by atoms with Gasteiger partial charge >= 0.3 is 0 Å². The Bertz CT molecular complexity index is 242. The zero-order valence-electron chi connectivity index (χ0n) is 8.16. The molecule has 0 heterocycles. The number of rotatable bonds is 4. The van der Waals surface area contributed by atoms with Crippen molar-refractivity contribution in [2.24, 2.45) is 0 Å². The van der Waals surface area contributed by atoms with Crippen LogP contribution < -0.4 is 0 Å². The lowest BCUT2D eigenvalue weighted by atomic mass is 10.1. The zero-order valence-corrected chi connectivity index (χ0v) is 8.97. The number of hydrogen-bond acceptors (Lipinski definition) is 2. The minimum absolute atomic E-state index is 0.0403. The normalized spacial score (nSPS) is 15.3. The highest BCUT2D eigenvalue weighted by molar-refractivity contribution is 8.00. The van der Waals surface area contributed by atoms with Gasteiger partial charge in [-0.25, -0.2) is 0 Å². The number of aliphatic hydroxyl groups is 1. The summed E-state index contributed by atoms with van der Waals surface area (Å²) in [6.07, 6.45) is 0.975. The molecule has 0 saturated carbocycles. The second kappa shape index (κ2) is 4.68. The van der Waals surface area contributed by atoms with Crippen LogP contribution >= 0.6 is 11.8 Å². The molecule has 0 aromatic heterocycles. The number of benzene rings is 1. The molecule has 0 spiro atoms. The molecule has 2 heteroatoms. The Morgan fingerprint density at radius 2 is 1.92 bits per heavy atom. The number of aliphatic hydroxyl groups excluding tert-OH is 1. The van der Waals surface area contributed by atoms with Crippen LogP contribution in [0.4, 0.5) is 0 Å². The SMILES string of the molecule is CCC(C)(CO)Sc1ccccc1. The molecular formula is C11H16OS. The summed E-state index contributed by atoms with van der Waals surface area (Å²) in [6.45, 7) is 4.42. The molecule has 0 aliphatic heterocycles. The summed E-state index contributed by atoms with van der Waals surface area (Å²) in [6, 6.07) is 10.2. The van der Waals surface area contributed by atoms with Crippen LogP contribution in [0.3, 0.4) is 0 Å². The Balaban J connectivity index is 2.68. The van der Waals surface area contributed by atoms with E-state index >= 15 is 0 Å². The van der Waals surface area contributed by atoms with Crippen molar-refractivity contribution >= 4 is 11.8 Å². The summed E-state index contributed by atoms with van der Waals surface area (Å²) in [4.78, 5) is 1.22. The third kappa shape index (κ3) is 3.05. The first kappa shape index (κ1) is 10.6. The second-order valence-corrected chi connectivity index (χ2v) is 5.04. The molecule has 1 aromatic carbocycles. The van der Waals surface area contributed by atoms with Gasteiger partial charge in [0.05, 0.1) is 6.61 Å². The Kier molecular flexibility index (Phi) is 3.82. The molecule has 1 nitrogen and oxygen atoms in total. The van der Waals surface area contributed by atoms with Gasteiger partial charge < -0.3 is 5.11 Å². The largest absolute Gasteiger partial charge is 0.395 e. The van der Waals surface area contributed by atoms with Crippen LogP contribution in [0.15, 0.2) is 35.2 Å². The molecule has 0 radical (unpaired) electrons. The quantitative estimate of drug-likeness (QED) is 0.747. The van der Waals surface area contributed by atoms with E-state index in [9.17, 15) is 5.11 Å². The number of hydrogen-bond donors (Lipinski definition) is 1. The highest BCUT2D eigenvalue weighted by Crippen LogP contribution is 2.34. The summed E-state index contributed by atoms with van der Waals surface area (Å²) < 4.78 is -0.0403. The van der Waals surface area contributed by atoms with Crippen LogP contribution in [0.1, 0.15) is 20.3 Å². The lowest BCUT2D eigenvalue weighted by molar-refractivity contribution is 0.253. The lowest BCUT2D eigenvalue weighted by Crippen LogP contribution is -2.23. The van der Waals surface area contributed by atoms with E-state index in [2.05, 4.69) is 26.0 Å². The highest BCUT2D eigenvalue weighted by atomic mass is 32.2. The summed E-state index contributed by atoms with van der Waals surface area (Å²) in [5.41, 5.74) is 0. The fourth-order valence-corrected chi connectivity index (χ4v) is 2.06. The van der Waals surface area contributed by atoms with Crippen molar-refractivity contribution in [3.8, 4) is 0 Å². The predicted octanol–water partition coefficient (Wildman–Crippen LogP) is 2.94. The van der Waals surface area contributed by atoms with E-state index in [0.717, 1.165) is 6.42 Å². The van der Waals surface area contributed by atoms with Gasteiger partial charge in [-0.1, -0.05) is 25.1 Å². The van der Waals surface area contributed by atoms with Crippen LogP contribution in [-0.4, -0.2) is 16.5 Å². The number of thioether (sulfide) groups is 1. The van der Waals surface area contributed by atoms with Gasteiger partial charge in [0.1, 0.15) is 0 Å². The standard InChI is InChI=1S/C11H16OS/c1-3-11(2,9-12)13-10-7-5-4-6-8-10/h4-8,12H,3,9H2,1-2H3. The maximum Gasteiger partial charge on any atom is 0.0578 e. The Labute approximate surface area is 84.2 Å². The van der Waals surface area contributed by atoms with Gasteiger partial charge in [-0.15, -0.1) is 11.8 Å². The van der Waals surface area contributed by atoms with Crippen LogP contribution in [0.25, 0.3) is 0 Å². The van der Waals surface area contributed by atoms with Crippen LogP contribution in [0.2, 0.25) is 0 Å². The van der Waals surface area contributed by atoms with Gasteiger partial charge in [0, 0.05) is 9.64 Å². The van der Waals surface area contributed by atoms with Crippen molar-refractivity contribution in [2.75, 3.05) is 6.61 Å². The average Bonchev–Trinajstić information content (AvgIpc) is 2.19. The fraction of sp³-hybridized carbons (Fsp3) is 0.455. The van der Waals surface area contributed by atoms with E-state index in [1.165, 1.54) is 4.90 Å². The molecule has 0 amide bonds. The molecule has 0 saturated heterocycles. The van der Waals surface area contributed by atoms with E-state index in [4.69, 9.17) is 0 Å². The van der Waals surface area contributed by atoms with Gasteiger partial charge in [0.2, 0.25) is 0 Å². The molecule has 13 heavy (non-hydrogen) atoms. The average molecular weight is 196 g/mol. The minimum atomic E-state index is -0.0403. The first-order valence-electron chi connectivity index (χ1n) is 4.55. The van der Waals surface area contributed by atoms with E-state index in [-0.39, 0.29) is 11.4 Å². The lowest BCUT2D eigenvalue weighted by Gasteiger charge is -2.24. The molecule has 1 rings (SSSR count). The predicted molar refractivity (Wildman–Crippen MR) is 58.1 cm³/mol. The third-order valence-electron chi connectivity index (χ3n) is 2.19. The molecule has 1 N–H and O–H groups in total. The molecule has 0 bridgehead atoms. The van der Waals surface area contributed by atoms with Crippen molar-refractivity contribution in [3.05, 3.63) is 30.3 Å². The van der Waals surface area contributed by atoms with E-state index in [0.29, 0.717) is 0 Å². The van der Waals surface area contributed by atoms with Crippen molar-refractivity contribution in [1.29, 1.82) is 0 Å². The molecule has 1 unspecified atom stereocenters. The molecule has 0 fully saturated rings. The molecule has 72 valence electrons. The van der Waals surface area contributed by atoms with Crippen LogP contribution in [0, 0.1) is 0 Å². The van der Waals surface area contributed by atoms with Crippen LogP contribution in [0.5, 0.6) is 0 Å². The first-order valence-corrected chi connectivity index (χ1v) is 5.37. The van der Waals surface area contributed by atoms with Gasteiger partial charge in [0.25, 0.3) is 0 Å². The summed E-state index contributed by atoms with van der Waals surface area (Å²) >= 11 is 1.74. The van der Waals surface area contributed by atoms with Gasteiger partial charge in [-0.2, -0.15) is 0 Å². The third-order valence-corrected chi connectivity index (χ3v) is 3.61. The van der Waals surface area contributed by atoms with E-state index < -0.39 is 0 Å². The van der Waals surface area contributed by atoms with Gasteiger partial charge in [-0.3, -0.25) is 0 Å². The topological polar surface area (TPSA) is 20.2 Å². The van der Waals surface area contributed by atoms with Crippen molar-refractivity contribution < 1.29 is 5.11 Å².